The highest BCUT2D eigenvalue weighted by Crippen LogP contribution is 2.18. The summed E-state index contributed by atoms with van der Waals surface area (Å²) in [6.45, 7) is 3.13. The standard InChI is InChI=1S/C10H13ClN4O3S/c1-6(3-4-11)19(17,18)9-5-8-13-14-10(16)15(8)7(2)12-9/h5-6H,3-4H2,1-2H3,(H,14,16). The van der Waals surface area contributed by atoms with E-state index in [-0.39, 0.29) is 22.4 Å². The summed E-state index contributed by atoms with van der Waals surface area (Å²) in [7, 11) is -3.57. The smallest absolute Gasteiger partial charge is 0.246 e. The molecule has 7 nitrogen and oxygen atoms in total. The molecule has 0 aliphatic heterocycles. The lowest BCUT2D eigenvalue weighted by atomic mass is 10.4. The number of fused-ring (bicyclic) bond motifs is 1. The fraction of sp³-hybridized carbons (Fsp3) is 0.500. The van der Waals surface area contributed by atoms with Gasteiger partial charge in [0.05, 0.1) is 5.25 Å². The van der Waals surface area contributed by atoms with E-state index in [1.54, 1.807) is 13.8 Å². The molecule has 0 bridgehead atoms. The van der Waals surface area contributed by atoms with E-state index in [4.69, 9.17) is 11.6 Å². The largest absolute Gasteiger partial charge is 0.349 e. The number of aromatic amines is 1. The van der Waals surface area contributed by atoms with Crippen molar-refractivity contribution in [1.82, 2.24) is 19.6 Å². The van der Waals surface area contributed by atoms with Crippen molar-refractivity contribution in [3.8, 4) is 0 Å². The number of nitrogens with zero attached hydrogens (tertiary/aromatic N) is 3. The van der Waals surface area contributed by atoms with Crippen molar-refractivity contribution < 1.29 is 8.42 Å². The number of rotatable bonds is 4. The third-order valence-corrected chi connectivity index (χ3v) is 5.19. The summed E-state index contributed by atoms with van der Waals surface area (Å²) in [5.41, 5.74) is -0.216. The highest BCUT2D eigenvalue weighted by atomic mass is 35.5. The first-order valence-corrected chi connectivity index (χ1v) is 7.70. The van der Waals surface area contributed by atoms with Crippen LogP contribution in [0.15, 0.2) is 15.9 Å². The first-order chi connectivity index (χ1) is 8.87. The molecule has 2 aromatic heterocycles. The predicted molar refractivity (Wildman–Crippen MR) is 70.3 cm³/mol. The summed E-state index contributed by atoms with van der Waals surface area (Å²) < 4.78 is 25.8. The third-order valence-electron chi connectivity index (χ3n) is 2.88. The lowest BCUT2D eigenvalue weighted by Crippen LogP contribution is -2.21. The molecule has 19 heavy (non-hydrogen) atoms. The van der Waals surface area contributed by atoms with Crippen LogP contribution in [0, 0.1) is 6.92 Å². The maximum atomic E-state index is 12.3. The Bertz CT molecular complexity index is 765. The minimum absolute atomic E-state index is 0.0888. The van der Waals surface area contributed by atoms with Gasteiger partial charge in [0.15, 0.2) is 20.5 Å². The quantitative estimate of drug-likeness (QED) is 0.656. The van der Waals surface area contributed by atoms with Crippen molar-refractivity contribution in [3.05, 3.63) is 22.4 Å². The Hall–Kier alpha value is -1.41. The Balaban J connectivity index is 2.61. The molecule has 2 heterocycles. The molecule has 0 saturated heterocycles. The molecule has 1 N–H and O–H groups in total. The summed E-state index contributed by atoms with van der Waals surface area (Å²) >= 11 is 5.57. The van der Waals surface area contributed by atoms with Gasteiger partial charge in [-0.05, 0) is 20.3 Å². The Morgan fingerprint density at radius 3 is 2.84 bits per heavy atom. The van der Waals surface area contributed by atoms with Gasteiger partial charge in [-0.1, -0.05) is 0 Å². The molecular weight excluding hydrogens is 292 g/mol. The maximum absolute atomic E-state index is 12.3. The molecular formula is C10H13ClN4O3S. The van der Waals surface area contributed by atoms with Crippen LogP contribution in [0.25, 0.3) is 5.65 Å². The summed E-state index contributed by atoms with van der Waals surface area (Å²) in [5.74, 6) is 0.525. The van der Waals surface area contributed by atoms with Gasteiger partial charge in [0.25, 0.3) is 0 Å². The third kappa shape index (κ3) is 2.37. The van der Waals surface area contributed by atoms with Crippen LogP contribution in [0.1, 0.15) is 19.2 Å². The van der Waals surface area contributed by atoms with Crippen molar-refractivity contribution in [3.63, 3.8) is 0 Å². The first-order valence-electron chi connectivity index (χ1n) is 5.62. The van der Waals surface area contributed by atoms with E-state index in [9.17, 15) is 13.2 Å². The number of H-pyrrole nitrogens is 1. The zero-order valence-corrected chi connectivity index (χ0v) is 12.0. The average molecular weight is 305 g/mol. The monoisotopic (exact) mass is 304 g/mol. The van der Waals surface area contributed by atoms with Crippen LogP contribution in [0.2, 0.25) is 0 Å². The van der Waals surface area contributed by atoms with E-state index in [2.05, 4.69) is 15.2 Å². The molecule has 2 rings (SSSR count). The number of nitrogens with one attached hydrogen (secondary N) is 1. The first kappa shape index (κ1) is 14.0. The Kier molecular flexibility index (Phi) is 3.64. The number of hydrogen-bond acceptors (Lipinski definition) is 5. The minimum atomic E-state index is -3.57. The average Bonchev–Trinajstić information content (AvgIpc) is 2.71. The van der Waals surface area contributed by atoms with Gasteiger partial charge in [-0.2, -0.15) is 5.10 Å². The van der Waals surface area contributed by atoms with E-state index in [1.807, 2.05) is 0 Å². The van der Waals surface area contributed by atoms with Crippen LogP contribution in [-0.4, -0.2) is 39.1 Å². The van der Waals surface area contributed by atoms with E-state index >= 15 is 0 Å². The van der Waals surface area contributed by atoms with Gasteiger partial charge < -0.3 is 0 Å². The van der Waals surface area contributed by atoms with Gasteiger partial charge in [0, 0.05) is 11.9 Å². The second-order valence-electron chi connectivity index (χ2n) is 4.20. The number of sulfone groups is 1. The van der Waals surface area contributed by atoms with Gasteiger partial charge in [-0.25, -0.2) is 27.7 Å². The predicted octanol–water partition coefficient (Wildman–Crippen LogP) is 0.517. The molecule has 0 spiro atoms. The Morgan fingerprint density at radius 1 is 1.53 bits per heavy atom. The van der Waals surface area contributed by atoms with Crippen molar-refractivity contribution in [1.29, 1.82) is 0 Å². The molecule has 2 aromatic rings. The van der Waals surface area contributed by atoms with E-state index < -0.39 is 20.8 Å². The van der Waals surface area contributed by atoms with Crippen LogP contribution in [-0.2, 0) is 9.84 Å². The molecule has 1 unspecified atom stereocenters. The van der Waals surface area contributed by atoms with Crippen LogP contribution < -0.4 is 5.69 Å². The van der Waals surface area contributed by atoms with Crippen LogP contribution >= 0.6 is 11.6 Å². The van der Waals surface area contributed by atoms with Gasteiger partial charge in [-0.3, -0.25) is 0 Å². The second kappa shape index (κ2) is 4.93. The molecule has 0 saturated carbocycles. The van der Waals surface area contributed by atoms with Crippen molar-refractivity contribution in [2.24, 2.45) is 0 Å². The number of aromatic nitrogens is 4. The topological polar surface area (TPSA) is 97.2 Å². The van der Waals surface area contributed by atoms with Crippen LogP contribution in [0.5, 0.6) is 0 Å². The molecule has 0 radical (unpaired) electrons. The van der Waals surface area contributed by atoms with Crippen molar-refractivity contribution in [2.75, 3.05) is 5.88 Å². The zero-order chi connectivity index (χ0) is 14.2. The molecule has 9 heteroatoms. The zero-order valence-electron chi connectivity index (χ0n) is 10.4. The van der Waals surface area contributed by atoms with Gasteiger partial charge >= 0.3 is 5.69 Å². The molecule has 0 aliphatic carbocycles. The van der Waals surface area contributed by atoms with E-state index in [0.29, 0.717) is 6.42 Å². The fourth-order valence-electron chi connectivity index (χ4n) is 1.73. The fourth-order valence-corrected chi connectivity index (χ4v) is 3.56. The van der Waals surface area contributed by atoms with Crippen LogP contribution in [0.3, 0.4) is 0 Å². The molecule has 1 atom stereocenters. The van der Waals surface area contributed by atoms with Gasteiger partial charge in [-0.15, -0.1) is 11.6 Å². The SMILES string of the molecule is Cc1nc(S(=O)(=O)C(C)CCCl)cc2n[nH]c(=O)n12. The van der Waals surface area contributed by atoms with Gasteiger partial charge in [0.2, 0.25) is 0 Å². The van der Waals surface area contributed by atoms with Crippen LogP contribution in [0.4, 0.5) is 0 Å². The van der Waals surface area contributed by atoms with Crippen molar-refractivity contribution in [2.45, 2.75) is 30.5 Å². The molecule has 0 fully saturated rings. The molecule has 0 amide bonds. The lowest BCUT2D eigenvalue weighted by Gasteiger charge is -2.11. The van der Waals surface area contributed by atoms with E-state index in [1.165, 1.54) is 10.5 Å². The highest BCUT2D eigenvalue weighted by Gasteiger charge is 2.25. The summed E-state index contributed by atoms with van der Waals surface area (Å²) in [6, 6.07) is 1.28. The van der Waals surface area contributed by atoms with Crippen molar-refractivity contribution >= 4 is 27.1 Å². The number of aryl methyl sites for hydroxylation is 1. The number of halogens is 1. The van der Waals surface area contributed by atoms with Gasteiger partial charge in [0.1, 0.15) is 5.82 Å². The number of hydrogen-bond donors (Lipinski definition) is 1. The molecule has 104 valence electrons. The maximum Gasteiger partial charge on any atom is 0.349 e. The summed E-state index contributed by atoms with van der Waals surface area (Å²) in [6.07, 6.45) is 0.336. The Morgan fingerprint density at radius 2 is 2.21 bits per heavy atom. The molecule has 0 aromatic carbocycles. The second-order valence-corrected chi connectivity index (χ2v) is 6.89. The number of alkyl halides is 1. The normalized spacial score (nSPS) is 13.8. The molecule has 0 aliphatic rings. The summed E-state index contributed by atoms with van der Waals surface area (Å²) in [4.78, 5) is 15.4. The minimum Gasteiger partial charge on any atom is -0.246 e. The summed E-state index contributed by atoms with van der Waals surface area (Å²) in [5, 5.41) is 5.28. The lowest BCUT2D eigenvalue weighted by molar-refractivity contribution is 0.576. The highest BCUT2D eigenvalue weighted by molar-refractivity contribution is 7.92. The Labute approximate surface area is 114 Å². The van der Waals surface area contributed by atoms with E-state index in [0.717, 1.165) is 0 Å².